The highest BCUT2D eigenvalue weighted by Gasteiger charge is 2.31. The van der Waals surface area contributed by atoms with Gasteiger partial charge in [0, 0.05) is 30.9 Å². The number of nitrogens with one attached hydrogen (secondary N) is 2. The Morgan fingerprint density at radius 3 is 2.77 bits per heavy atom. The van der Waals surface area contributed by atoms with E-state index in [4.69, 9.17) is 0 Å². The van der Waals surface area contributed by atoms with Crippen LogP contribution in [0.4, 0.5) is 5.69 Å². The number of carbonyl (C=O) groups is 1. The van der Waals surface area contributed by atoms with Crippen LogP contribution in [0.15, 0.2) is 53.5 Å². The summed E-state index contributed by atoms with van der Waals surface area (Å²) in [6.45, 7) is 5.89. The molecule has 136 valence electrons. The number of guanidine groups is 1. The lowest BCUT2D eigenvalue weighted by Crippen LogP contribution is -2.44. The first-order chi connectivity index (χ1) is 12.7. The third-order valence-electron chi connectivity index (χ3n) is 4.22. The molecule has 1 aliphatic rings. The maximum absolute atomic E-state index is 12.4. The molecule has 1 saturated heterocycles. The molecule has 1 aromatic heterocycles. The normalized spacial score (nSPS) is 17.5. The van der Waals surface area contributed by atoms with E-state index in [1.54, 1.807) is 0 Å². The van der Waals surface area contributed by atoms with E-state index in [2.05, 4.69) is 20.6 Å². The Bertz CT molecular complexity index is 775. The monoisotopic (exact) mass is 351 g/mol. The fourth-order valence-corrected chi connectivity index (χ4v) is 3.02. The summed E-state index contributed by atoms with van der Waals surface area (Å²) in [5.74, 6) is 0.841. The molecule has 0 bridgehead atoms. The van der Waals surface area contributed by atoms with Crippen LogP contribution >= 0.6 is 0 Å². The quantitative estimate of drug-likeness (QED) is 0.640. The summed E-state index contributed by atoms with van der Waals surface area (Å²) >= 11 is 0. The van der Waals surface area contributed by atoms with Gasteiger partial charge < -0.3 is 15.5 Å². The average molecular weight is 351 g/mol. The number of aromatic nitrogens is 1. The standard InChI is InChI=1S/C20H25N5O/c1-3-21-20(22-13-16-9-7-8-15(2)23-16)24-17-12-19(26)25(14-17)18-10-5-4-6-11-18/h4-11,17H,3,12-14H2,1-2H3,(H2,21,22,24). The molecular formula is C20H25N5O. The van der Waals surface area contributed by atoms with Crippen LogP contribution in [-0.4, -0.2) is 36.0 Å². The molecule has 1 aliphatic heterocycles. The summed E-state index contributed by atoms with van der Waals surface area (Å²) in [7, 11) is 0. The molecule has 0 saturated carbocycles. The first kappa shape index (κ1) is 17.9. The molecule has 2 N–H and O–H groups in total. The number of para-hydroxylation sites is 1. The third kappa shape index (κ3) is 4.59. The maximum atomic E-state index is 12.4. The van der Waals surface area contributed by atoms with Gasteiger partial charge >= 0.3 is 0 Å². The molecule has 1 amide bonds. The second-order valence-electron chi connectivity index (χ2n) is 6.35. The zero-order chi connectivity index (χ0) is 18.4. The van der Waals surface area contributed by atoms with Crippen LogP contribution in [0.25, 0.3) is 0 Å². The summed E-state index contributed by atoms with van der Waals surface area (Å²) in [5.41, 5.74) is 2.85. The van der Waals surface area contributed by atoms with Crippen molar-refractivity contribution >= 4 is 17.6 Å². The first-order valence-electron chi connectivity index (χ1n) is 8.98. The largest absolute Gasteiger partial charge is 0.357 e. The van der Waals surface area contributed by atoms with Gasteiger partial charge in [0.15, 0.2) is 5.96 Å². The highest BCUT2D eigenvalue weighted by Crippen LogP contribution is 2.20. The van der Waals surface area contributed by atoms with E-state index >= 15 is 0 Å². The number of pyridine rings is 1. The van der Waals surface area contributed by atoms with Crippen LogP contribution in [0.5, 0.6) is 0 Å². The molecule has 1 unspecified atom stereocenters. The topological polar surface area (TPSA) is 69.6 Å². The third-order valence-corrected chi connectivity index (χ3v) is 4.22. The molecule has 26 heavy (non-hydrogen) atoms. The minimum Gasteiger partial charge on any atom is -0.357 e. The number of hydrogen-bond donors (Lipinski definition) is 2. The lowest BCUT2D eigenvalue weighted by atomic mass is 10.2. The average Bonchev–Trinajstić information content (AvgIpc) is 3.01. The van der Waals surface area contributed by atoms with Crippen molar-refractivity contribution in [2.24, 2.45) is 4.99 Å². The fraction of sp³-hybridized carbons (Fsp3) is 0.350. The summed E-state index contributed by atoms with van der Waals surface area (Å²) in [6.07, 6.45) is 0.460. The molecule has 1 aromatic carbocycles. The smallest absolute Gasteiger partial charge is 0.229 e. The van der Waals surface area contributed by atoms with E-state index in [9.17, 15) is 4.79 Å². The molecular weight excluding hydrogens is 326 g/mol. The van der Waals surface area contributed by atoms with Crippen molar-refractivity contribution in [3.8, 4) is 0 Å². The van der Waals surface area contributed by atoms with E-state index in [-0.39, 0.29) is 11.9 Å². The molecule has 0 aliphatic carbocycles. The Labute approximate surface area is 154 Å². The van der Waals surface area contributed by atoms with Crippen LogP contribution in [0.1, 0.15) is 24.7 Å². The predicted molar refractivity (Wildman–Crippen MR) is 104 cm³/mol. The number of aliphatic imine (C=N–C) groups is 1. The summed E-state index contributed by atoms with van der Waals surface area (Å²) in [4.78, 5) is 23.3. The Hall–Kier alpha value is -2.89. The number of nitrogens with zero attached hydrogens (tertiary/aromatic N) is 3. The van der Waals surface area contributed by atoms with Crippen LogP contribution < -0.4 is 15.5 Å². The van der Waals surface area contributed by atoms with Gasteiger partial charge in [-0.05, 0) is 38.1 Å². The number of carbonyl (C=O) groups excluding carboxylic acids is 1. The van der Waals surface area contributed by atoms with Crippen molar-refractivity contribution in [2.45, 2.75) is 32.9 Å². The van der Waals surface area contributed by atoms with E-state index in [0.717, 1.165) is 23.6 Å². The zero-order valence-corrected chi connectivity index (χ0v) is 15.3. The molecule has 2 aromatic rings. The van der Waals surface area contributed by atoms with Crippen molar-refractivity contribution < 1.29 is 4.79 Å². The van der Waals surface area contributed by atoms with Gasteiger partial charge in [-0.15, -0.1) is 0 Å². The van der Waals surface area contributed by atoms with Gasteiger partial charge in [-0.25, -0.2) is 4.99 Å². The van der Waals surface area contributed by atoms with Gasteiger partial charge in [0.2, 0.25) is 5.91 Å². The van der Waals surface area contributed by atoms with Crippen LogP contribution in [-0.2, 0) is 11.3 Å². The number of anilines is 1. The van der Waals surface area contributed by atoms with E-state index < -0.39 is 0 Å². The SMILES string of the molecule is CCNC(=NCc1cccc(C)n1)NC1CC(=O)N(c2ccccc2)C1. The van der Waals surface area contributed by atoms with E-state index in [0.29, 0.717) is 25.5 Å². The number of rotatable bonds is 5. The van der Waals surface area contributed by atoms with Gasteiger partial charge in [0.1, 0.15) is 0 Å². The summed E-state index contributed by atoms with van der Waals surface area (Å²) < 4.78 is 0. The van der Waals surface area contributed by atoms with Crippen molar-refractivity contribution in [3.05, 3.63) is 59.9 Å². The second kappa shape index (κ2) is 8.47. The van der Waals surface area contributed by atoms with Crippen molar-refractivity contribution in [3.63, 3.8) is 0 Å². The zero-order valence-electron chi connectivity index (χ0n) is 15.3. The van der Waals surface area contributed by atoms with Gasteiger partial charge in [-0.2, -0.15) is 0 Å². The van der Waals surface area contributed by atoms with Gasteiger partial charge in [-0.1, -0.05) is 24.3 Å². The minimum atomic E-state index is 0.0333. The fourth-order valence-electron chi connectivity index (χ4n) is 3.02. The Kier molecular flexibility index (Phi) is 5.84. The van der Waals surface area contributed by atoms with Crippen LogP contribution in [0.2, 0.25) is 0 Å². The highest BCUT2D eigenvalue weighted by atomic mass is 16.2. The van der Waals surface area contributed by atoms with Crippen LogP contribution in [0, 0.1) is 6.92 Å². The Morgan fingerprint density at radius 1 is 1.23 bits per heavy atom. The predicted octanol–water partition coefficient (Wildman–Crippen LogP) is 2.25. The summed E-state index contributed by atoms with van der Waals surface area (Å²) in [5, 5.41) is 6.63. The molecule has 2 heterocycles. The lowest BCUT2D eigenvalue weighted by Gasteiger charge is -2.19. The molecule has 0 radical (unpaired) electrons. The number of aryl methyl sites for hydroxylation is 1. The van der Waals surface area contributed by atoms with Crippen LogP contribution in [0.3, 0.4) is 0 Å². The van der Waals surface area contributed by atoms with Crippen molar-refractivity contribution in [1.29, 1.82) is 0 Å². The second-order valence-corrected chi connectivity index (χ2v) is 6.35. The molecule has 6 heteroatoms. The van der Waals surface area contributed by atoms with E-state index in [1.807, 2.05) is 67.3 Å². The Morgan fingerprint density at radius 2 is 2.04 bits per heavy atom. The van der Waals surface area contributed by atoms with Crippen molar-refractivity contribution in [1.82, 2.24) is 15.6 Å². The number of amides is 1. The molecule has 6 nitrogen and oxygen atoms in total. The number of hydrogen-bond acceptors (Lipinski definition) is 3. The number of benzene rings is 1. The van der Waals surface area contributed by atoms with Gasteiger partial charge in [0.25, 0.3) is 0 Å². The van der Waals surface area contributed by atoms with E-state index in [1.165, 1.54) is 0 Å². The van der Waals surface area contributed by atoms with Gasteiger partial charge in [-0.3, -0.25) is 9.78 Å². The maximum Gasteiger partial charge on any atom is 0.229 e. The Balaban J connectivity index is 1.64. The van der Waals surface area contributed by atoms with Crippen molar-refractivity contribution in [2.75, 3.05) is 18.0 Å². The lowest BCUT2D eigenvalue weighted by molar-refractivity contribution is -0.117. The van der Waals surface area contributed by atoms with Gasteiger partial charge in [0.05, 0.1) is 18.3 Å². The molecule has 1 fully saturated rings. The summed E-state index contributed by atoms with van der Waals surface area (Å²) in [6, 6.07) is 15.7. The first-order valence-corrected chi connectivity index (χ1v) is 8.98. The molecule has 3 rings (SSSR count). The molecule has 0 spiro atoms. The highest BCUT2D eigenvalue weighted by molar-refractivity contribution is 5.97. The molecule has 1 atom stereocenters. The minimum absolute atomic E-state index is 0.0333.